The van der Waals surface area contributed by atoms with E-state index in [0.717, 1.165) is 0 Å². The number of hydrogen-bond acceptors (Lipinski definition) is 0. The molecule has 0 aromatic rings. The Morgan fingerprint density at radius 3 is 0.643 bits per heavy atom. The van der Waals surface area contributed by atoms with Gasteiger partial charge in [-0.15, -0.1) is 0 Å². The molecule has 0 atom stereocenters. The van der Waals surface area contributed by atoms with Crippen molar-refractivity contribution in [3.63, 3.8) is 0 Å². The van der Waals surface area contributed by atoms with E-state index in [1.54, 1.807) is 0 Å². The Morgan fingerprint density at radius 2 is 0.643 bits per heavy atom. The summed E-state index contributed by atoms with van der Waals surface area (Å²) in [5.41, 5.74) is 0.500. The maximum Gasteiger partial charge on any atom is 3.00 e. The molecule has 2 heteroatoms. The summed E-state index contributed by atoms with van der Waals surface area (Å²) in [6.45, 7) is 20.0. The van der Waals surface area contributed by atoms with Crippen LogP contribution in [0, 0.1) is 39.5 Å². The van der Waals surface area contributed by atoms with E-state index in [0.29, 0.717) is 0 Å². The van der Waals surface area contributed by atoms with Gasteiger partial charge in [0.15, 0.2) is 0 Å². The Morgan fingerprint density at radius 1 is 0.643 bits per heavy atom. The molecule has 0 spiro atoms. The molecule has 0 heterocycles. The van der Waals surface area contributed by atoms with E-state index in [4.69, 9.17) is 0 Å². The predicted molar refractivity (Wildman–Crippen MR) is 62.5 cm³/mol. The summed E-state index contributed by atoms with van der Waals surface area (Å²) in [7, 11) is 0. The van der Waals surface area contributed by atoms with Gasteiger partial charge in [-0.3, -0.25) is 0 Å². The molecule has 0 fully saturated rings. The van der Waals surface area contributed by atoms with Crippen LogP contribution in [0.25, 0.3) is 0 Å². The topological polar surface area (TPSA) is 0 Å². The molecule has 0 N–H and O–H groups in total. The van der Waals surface area contributed by atoms with E-state index in [2.05, 4.69) is 55.4 Å². The maximum atomic E-state index is 3.77. The van der Waals surface area contributed by atoms with E-state index < -0.39 is 0 Å². The molecule has 0 aliphatic heterocycles. The first-order chi connectivity index (χ1) is 4.00. The standard InChI is InChI=1S/2C5H11.2CH3.2Y/c2*1-5(2,3)4;;;;/h2*1H2,2-4H3;2*1H3;;/q4*-1;;+3. The predicted octanol–water partition coefficient (Wildman–Crippen LogP) is 4.63. The SMILES string of the molecule is [CH2-]C(C)(C)C.[CH2-]C(C)(C)C.[CH3-].[CH3-].[Y+3].[Y]. The largest absolute Gasteiger partial charge is 3.00 e. The summed E-state index contributed by atoms with van der Waals surface area (Å²) in [6, 6.07) is 0. The van der Waals surface area contributed by atoms with Gasteiger partial charge in [-0.2, -0.15) is 10.8 Å². The van der Waals surface area contributed by atoms with Crippen LogP contribution in [0.5, 0.6) is 0 Å². The molecule has 0 aromatic heterocycles. The first-order valence-corrected chi connectivity index (χ1v) is 3.71. The summed E-state index contributed by atoms with van der Waals surface area (Å²) in [6.07, 6.45) is 0. The van der Waals surface area contributed by atoms with Crippen LogP contribution in [-0.4, -0.2) is 0 Å². The van der Waals surface area contributed by atoms with Crippen LogP contribution in [0.15, 0.2) is 0 Å². The first-order valence-electron chi connectivity index (χ1n) is 3.71. The van der Waals surface area contributed by atoms with E-state index in [1.807, 2.05) is 0 Å². The second-order valence-electron chi connectivity index (χ2n) is 5.12. The maximum absolute atomic E-state index is 3.77. The minimum atomic E-state index is 0. The molecule has 1 radical (unpaired) electrons. The van der Waals surface area contributed by atoms with Crippen molar-refractivity contribution in [2.45, 2.75) is 41.5 Å². The van der Waals surface area contributed by atoms with E-state index in [1.165, 1.54) is 0 Å². The summed E-state index contributed by atoms with van der Waals surface area (Å²) >= 11 is 0. The molecular formula is C12H28Y2-. The second-order valence-corrected chi connectivity index (χ2v) is 5.12. The van der Waals surface area contributed by atoms with Crippen molar-refractivity contribution < 1.29 is 65.4 Å². The zero-order chi connectivity index (χ0) is 9.00. The van der Waals surface area contributed by atoms with Gasteiger partial charge in [0, 0.05) is 32.7 Å². The molecule has 0 saturated heterocycles. The molecule has 0 bridgehead atoms. The fourth-order valence-electron chi connectivity index (χ4n) is 0. The second kappa shape index (κ2) is 15.2. The van der Waals surface area contributed by atoms with Crippen LogP contribution in [0.1, 0.15) is 41.5 Å². The van der Waals surface area contributed by atoms with Crippen LogP contribution in [-0.2, 0) is 65.4 Å². The molecule has 0 amide bonds. The minimum absolute atomic E-state index is 0. The first kappa shape index (κ1) is 36.0. The van der Waals surface area contributed by atoms with Gasteiger partial charge < -0.3 is 28.7 Å². The smallest absolute Gasteiger partial charge is 0.358 e. The third-order valence-electron chi connectivity index (χ3n) is 0. The molecule has 0 saturated carbocycles. The molecule has 0 aliphatic carbocycles. The van der Waals surface area contributed by atoms with Crippen LogP contribution >= 0.6 is 0 Å². The van der Waals surface area contributed by atoms with Crippen molar-refractivity contribution in [2.75, 3.05) is 0 Å². The van der Waals surface area contributed by atoms with Gasteiger partial charge in [-0.25, -0.2) is 0 Å². The minimum Gasteiger partial charge on any atom is -0.358 e. The van der Waals surface area contributed by atoms with Gasteiger partial charge in [0.1, 0.15) is 0 Å². The van der Waals surface area contributed by atoms with Crippen molar-refractivity contribution in [3.05, 3.63) is 28.7 Å². The molecular weight excluding hydrogens is 322 g/mol. The van der Waals surface area contributed by atoms with Gasteiger partial charge in [0.05, 0.1) is 0 Å². The van der Waals surface area contributed by atoms with Gasteiger partial charge >= 0.3 is 32.7 Å². The van der Waals surface area contributed by atoms with E-state index in [-0.39, 0.29) is 91.1 Å². The van der Waals surface area contributed by atoms with Crippen molar-refractivity contribution in [3.8, 4) is 0 Å². The zero-order valence-corrected chi connectivity index (χ0v) is 17.2. The van der Waals surface area contributed by atoms with E-state index in [9.17, 15) is 0 Å². The molecule has 0 aromatic carbocycles. The third kappa shape index (κ3) is 508. The Balaban J connectivity index is -0.0000000178. The van der Waals surface area contributed by atoms with Gasteiger partial charge in [0.25, 0.3) is 0 Å². The molecule has 14 heavy (non-hydrogen) atoms. The Kier molecular flexibility index (Phi) is 39.1. The van der Waals surface area contributed by atoms with Gasteiger partial charge in [-0.1, -0.05) is 41.5 Å². The van der Waals surface area contributed by atoms with Gasteiger partial charge in [0.2, 0.25) is 0 Å². The average molecular weight is 350 g/mol. The fourth-order valence-corrected chi connectivity index (χ4v) is 0. The molecule has 0 rings (SSSR count). The molecule has 0 aliphatic rings. The van der Waals surface area contributed by atoms with Crippen LogP contribution in [0.2, 0.25) is 0 Å². The van der Waals surface area contributed by atoms with Gasteiger partial charge in [-0.05, 0) is 0 Å². The third-order valence-corrected chi connectivity index (χ3v) is 0. The Bertz CT molecular complexity index is 51.3. The average Bonchev–Trinajstić information content (AvgIpc) is 1.12. The van der Waals surface area contributed by atoms with Crippen LogP contribution < -0.4 is 0 Å². The quantitative estimate of drug-likeness (QED) is 0.559. The van der Waals surface area contributed by atoms with Crippen LogP contribution in [0.4, 0.5) is 0 Å². The molecule has 0 unspecified atom stereocenters. The van der Waals surface area contributed by atoms with Crippen molar-refractivity contribution in [2.24, 2.45) is 10.8 Å². The summed E-state index contributed by atoms with van der Waals surface area (Å²) in [5.74, 6) is 0. The molecule has 0 nitrogen and oxygen atoms in total. The van der Waals surface area contributed by atoms with Crippen LogP contribution in [0.3, 0.4) is 0 Å². The zero-order valence-electron chi connectivity index (χ0n) is 11.6. The summed E-state index contributed by atoms with van der Waals surface area (Å²) < 4.78 is 0. The normalized spacial score (nSPS) is 8.57. The molecule has 83 valence electrons. The monoisotopic (exact) mass is 350 g/mol. The summed E-state index contributed by atoms with van der Waals surface area (Å²) in [5, 5.41) is 0. The van der Waals surface area contributed by atoms with Crippen molar-refractivity contribution in [1.82, 2.24) is 0 Å². The Labute approximate surface area is 145 Å². The van der Waals surface area contributed by atoms with Crippen molar-refractivity contribution >= 4 is 0 Å². The number of hydrogen-bond donors (Lipinski definition) is 0. The summed E-state index contributed by atoms with van der Waals surface area (Å²) in [4.78, 5) is 0. The number of rotatable bonds is 0. The fraction of sp³-hybridized carbons (Fsp3) is 0.667. The van der Waals surface area contributed by atoms with E-state index >= 15 is 0 Å². The Hall–Kier alpha value is 2.21. The van der Waals surface area contributed by atoms with Crippen molar-refractivity contribution in [1.29, 1.82) is 0 Å².